The Morgan fingerprint density at radius 2 is 1.74 bits per heavy atom. The van der Waals surface area contributed by atoms with E-state index in [1.165, 1.54) is 4.90 Å². The summed E-state index contributed by atoms with van der Waals surface area (Å²) in [6.07, 6.45) is -0.000714. The molecule has 2 fully saturated rings. The molecule has 5 N–H and O–H groups in total. The Labute approximate surface area is 223 Å². The molecular formula is C25H29ClN4O8. The fraction of sp³-hybridized carbons (Fsp3) is 0.360. The number of aliphatic hydroxyl groups excluding tert-OH is 1. The van der Waals surface area contributed by atoms with Crippen molar-refractivity contribution in [1.29, 1.82) is 0 Å². The minimum atomic E-state index is -2.07. The van der Waals surface area contributed by atoms with Gasteiger partial charge in [0.15, 0.2) is 5.97 Å². The number of para-hydroxylation sites is 1. The standard InChI is InChI=1S/C23H27ClN4O4.C2H2O4/c24-17-6-8-18(9-7-17)26-22(31)32-15-20(29)14-27-12-10-23(11-13-27)21(30)25-16-28(23)19-4-2-1-3-5-19;3-1(4)2(5)6/h1-9,20,29H,10-16H2,(H,25,30)(H,26,31);(H,3,4)(H,5,6). The van der Waals surface area contributed by atoms with E-state index in [0.717, 1.165) is 18.8 Å². The summed E-state index contributed by atoms with van der Waals surface area (Å²) >= 11 is 5.83. The number of piperidine rings is 1. The summed E-state index contributed by atoms with van der Waals surface area (Å²) in [5.74, 6) is -3.94. The van der Waals surface area contributed by atoms with E-state index < -0.39 is 29.7 Å². The van der Waals surface area contributed by atoms with Crippen LogP contribution in [0.1, 0.15) is 12.8 Å². The number of carbonyl (C=O) groups excluding carboxylic acids is 3. The molecule has 2 aliphatic heterocycles. The Bertz CT molecular complexity index is 1110. The maximum Gasteiger partial charge on any atom is 0.411 e. The van der Waals surface area contributed by atoms with Gasteiger partial charge in [-0.2, -0.15) is 0 Å². The summed E-state index contributed by atoms with van der Waals surface area (Å²) in [6, 6.07) is 16.7. The second-order valence-corrected chi connectivity index (χ2v) is 9.33. The first-order chi connectivity index (χ1) is 18.1. The van der Waals surface area contributed by atoms with Crippen LogP contribution in [0.3, 0.4) is 0 Å². The lowest BCUT2D eigenvalue weighted by atomic mass is 9.85. The molecule has 4 rings (SSSR count). The smallest absolute Gasteiger partial charge is 0.411 e. The summed E-state index contributed by atoms with van der Waals surface area (Å²) in [5.41, 5.74) is 1.07. The maximum absolute atomic E-state index is 12.7. The zero-order valence-electron chi connectivity index (χ0n) is 20.4. The molecule has 2 aliphatic rings. The van der Waals surface area contributed by atoms with Crippen molar-refractivity contribution in [2.24, 2.45) is 0 Å². The van der Waals surface area contributed by atoms with Crippen LogP contribution in [0.2, 0.25) is 5.02 Å². The number of hydrogen-bond acceptors (Lipinski definition) is 8. The minimum absolute atomic E-state index is 0.0724. The fourth-order valence-electron chi connectivity index (χ4n) is 4.51. The number of rotatable bonds is 6. The molecule has 2 heterocycles. The molecule has 1 atom stereocenters. The van der Waals surface area contributed by atoms with Crippen molar-refractivity contribution in [2.45, 2.75) is 24.5 Å². The van der Waals surface area contributed by atoms with Crippen molar-refractivity contribution in [1.82, 2.24) is 5.32 Å². The fourth-order valence-corrected chi connectivity index (χ4v) is 4.63. The third-order valence-electron chi connectivity index (χ3n) is 6.39. The van der Waals surface area contributed by atoms with Crippen molar-refractivity contribution in [3.8, 4) is 0 Å². The van der Waals surface area contributed by atoms with Gasteiger partial charge in [-0.25, -0.2) is 9.59 Å². The lowest BCUT2D eigenvalue weighted by Crippen LogP contribution is -3.15. The van der Waals surface area contributed by atoms with Crippen molar-refractivity contribution < 1.29 is 44.1 Å². The van der Waals surface area contributed by atoms with Gasteiger partial charge in [0.05, 0.1) is 19.8 Å². The maximum atomic E-state index is 12.7. The average Bonchev–Trinajstić information content (AvgIpc) is 3.21. The monoisotopic (exact) mass is 548 g/mol. The van der Waals surface area contributed by atoms with Crippen molar-refractivity contribution in [3.05, 3.63) is 59.6 Å². The van der Waals surface area contributed by atoms with E-state index in [1.54, 1.807) is 24.3 Å². The van der Waals surface area contributed by atoms with E-state index in [1.807, 2.05) is 30.3 Å². The van der Waals surface area contributed by atoms with Crippen LogP contribution in [0, 0.1) is 0 Å². The minimum Gasteiger partial charge on any atom is -0.539 e. The van der Waals surface area contributed by atoms with E-state index >= 15 is 0 Å². The lowest BCUT2D eigenvalue weighted by molar-refractivity contribution is -0.908. The molecule has 38 heavy (non-hydrogen) atoms. The molecule has 204 valence electrons. The quantitative estimate of drug-likeness (QED) is 0.286. The summed E-state index contributed by atoms with van der Waals surface area (Å²) in [4.78, 5) is 46.0. The van der Waals surface area contributed by atoms with E-state index in [4.69, 9.17) is 36.1 Å². The van der Waals surface area contributed by atoms with Crippen LogP contribution >= 0.6 is 11.6 Å². The number of amides is 2. The van der Waals surface area contributed by atoms with E-state index in [-0.39, 0.29) is 12.5 Å². The van der Waals surface area contributed by atoms with Gasteiger partial charge in [-0.3, -0.25) is 10.1 Å². The number of halogens is 1. The molecule has 0 aromatic heterocycles. The number of carboxylic acid groups (broad SMARTS) is 2. The van der Waals surface area contributed by atoms with Gasteiger partial charge in [-0.05, 0) is 36.4 Å². The Morgan fingerprint density at radius 1 is 1.13 bits per heavy atom. The van der Waals surface area contributed by atoms with Gasteiger partial charge in [0.1, 0.15) is 24.8 Å². The summed E-state index contributed by atoms with van der Waals surface area (Å²) in [7, 11) is 0. The molecule has 0 radical (unpaired) electrons. The van der Waals surface area contributed by atoms with Crippen molar-refractivity contribution >= 4 is 46.9 Å². The third kappa shape index (κ3) is 7.57. The Hall–Kier alpha value is -3.87. The second kappa shape index (κ2) is 13.1. The zero-order valence-corrected chi connectivity index (χ0v) is 21.1. The molecule has 0 bridgehead atoms. The van der Waals surface area contributed by atoms with Gasteiger partial charge in [-0.15, -0.1) is 0 Å². The highest BCUT2D eigenvalue weighted by molar-refractivity contribution is 6.30. The molecule has 2 amide bonds. The number of quaternary nitrogens is 1. The van der Waals surface area contributed by atoms with Gasteiger partial charge in [0.2, 0.25) is 5.91 Å². The van der Waals surface area contributed by atoms with Gasteiger partial charge < -0.3 is 40.0 Å². The Morgan fingerprint density at radius 3 is 2.32 bits per heavy atom. The molecule has 1 spiro atoms. The van der Waals surface area contributed by atoms with E-state index in [2.05, 4.69) is 15.5 Å². The van der Waals surface area contributed by atoms with Crippen LogP contribution in [0.15, 0.2) is 54.6 Å². The molecule has 2 saturated heterocycles. The first-order valence-electron chi connectivity index (χ1n) is 11.9. The van der Waals surface area contributed by atoms with Crippen LogP contribution in [0.4, 0.5) is 16.2 Å². The first-order valence-corrected chi connectivity index (χ1v) is 12.2. The third-order valence-corrected chi connectivity index (χ3v) is 6.64. The van der Waals surface area contributed by atoms with Crippen LogP contribution < -0.4 is 25.5 Å². The number of benzene rings is 2. The Balaban J connectivity index is 0.000000599. The van der Waals surface area contributed by atoms with Gasteiger partial charge in [0.25, 0.3) is 0 Å². The number of likely N-dealkylation sites (tertiary alicyclic amines) is 1. The predicted molar refractivity (Wildman–Crippen MR) is 135 cm³/mol. The number of carboxylic acids is 2. The summed E-state index contributed by atoms with van der Waals surface area (Å²) in [6.45, 7) is 2.38. The molecule has 13 heteroatoms. The molecule has 1 unspecified atom stereocenters. The second-order valence-electron chi connectivity index (χ2n) is 8.89. The number of aliphatic carboxylic acids is 2. The largest absolute Gasteiger partial charge is 0.539 e. The number of ether oxygens (including phenoxy) is 1. The van der Waals surface area contributed by atoms with Crippen LogP contribution in [0.5, 0.6) is 0 Å². The van der Waals surface area contributed by atoms with Crippen molar-refractivity contribution in [2.75, 3.05) is 43.1 Å². The molecule has 2 aromatic carbocycles. The predicted octanol–water partition coefficient (Wildman–Crippen LogP) is -0.918. The highest BCUT2D eigenvalue weighted by Crippen LogP contribution is 2.33. The number of carbonyl (C=O) groups is 4. The highest BCUT2D eigenvalue weighted by Gasteiger charge is 2.51. The van der Waals surface area contributed by atoms with Crippen molar-refractivity contribution in [3.63, 3.8) is 0 Å². The van der Waals surface area contributed by atoms with E-state index in [9.17, 15) is 14.7 Å². The van der Waals surface area contributed by atoms with Crippen LogP contribution in [-0.2, 0) is 19.1 Å². The number of anilines is 2. The normalized spacial score (nSPS) is 21.1. The van der Waals surface area contributed by atoms with Crippen LogP contribution in [-0.4, -0.2) is 78.7 Å². The van der Waals surface area contributed by atoms with Gasteiger partial charge >= 0.3 is 12.1 Å². The topological polar surface area (TPSA) is 173 Å². The molecule has 12 nitrogen and oxygen atoms in total. The zero-order chi connectivity index (χ0) is 27.7. The molecule has 0 saturated carbocycles. The number of hydrogen-bond donors (Lipinski definition) is 5. The highest BCUT2D eigenvalue weighted by atomic mass is 35.5. The van der Waals surface area contributed by atoms with Gasteiger partial charge in [-0.1, -0.05) is 29.8 Å². The first kappa shape index (κ1) is 28.7. The number of nitrogens with zero attached hydrogens (tertiary/aromatic N) is 1. The summed E-state index contributed by atoms with van der Waals surface area (Å²) in [5, 5.41) is 32.8. The Kier molecular flexibility index (Phi) is 9.88. The molecular weight excluding hydrogens is 520 g/mol. The average molecular weight is 549 g/mol. The number of aliphatic hydroxyl groups is 1. The molecule has 2 aromatic rings. The molecule has 0 aliphatic carbocycles. The van der Waals surface area contributed by atoms with E-state index in [0.29, 0.717) is 36.8 Å². The lowest BCUT2D eigenvalue weighted by Gasteiger charge is -2.41. The van der Waals surface area contributed by atoms with Gasteiger partial charge in [0, 0.05) is 29.2 Å². The summed E-state index contributed by atoms with van der Waals surface area (Å²) < 4.78 is 5.15. The number of nitrogens with one attached hydrogen (secondary N) is 3. The van der Waals surface area contributed by atoms with Crippen LogP contribution in [0.25, 0.3) is 0 Å². The SMILES string of the molecule is O=C(Nc1ccc(Cl)cc1)OCC(O)C[NH+]1CCC2(CC1)C(=O)NCN2c1ccccc1.O=C([O-])C(=O)O.